The van der Waals surface area contributed by atoms with Gasteiger partial charge in [-0.25, -0.2) is 13.1 Å². The van der Waals surface area contributed by atoms with Gasteiger partial charge in [0.05, 0.1) is 19.3 Å². The minimum atomic E-state index is -3.39. The van der Waals surface area contributed by atoms with E-state index in [1.165, 1.54) is 7.11 Å². The van der Waals surface area contributed by atoms with Gasteiger partial charge in [0.25, 0.3) is 0 Å². The lowest BCUT2D eigenvalue weighted by Crippen LogP contribution is -2.42. The van der Waals surface area contributed by atoms with Crippen molar-refractivity contribution in [2.45, 2.75) is 31.7 Å². The molecule has 17 heavy (non-hydrogen) atoms. The Bertz CT molecular complexity index is 334. The van der Waals surface area contributed by atoms with Crippen molar-refractivity contribution >= 4 is 16.0 Å². The molecule has 0 bridgehead atoms. The Hall–Kier alpha value is -0.660. The van der Waals surface area contributed by atoms with E-state index in [0.29, 0.717) is 6.54 Å². The molecule has 0 aromatic heterocycles. The summed E-state index contributed by atoms with van der Waals surface area (Å²) in [5.74, 6) is -0.717. The van der Waals surface area contributed by atoms with Gasteiger partial charge in [-0.15, -0.1) is 0 Å². The zero-order chi connectivity index (χ0) is 12.7. The monoisotopic (exact) mass is 264 g/mol. The Morgan fingerprint density at radius 2 is 2.24 bits per heavy atom. The van der Waals surface area contributed by atoms with Gasteiger partial charge in [-0.05, 0) is 19.4 Å². The lowest BCUT2D eigenvalue weighted by atomic mass is 10.2. The van der Waals surface area contributed by atoms with Crippen LogP contribution in [-0.2, 0) is 19.6 Å². The van der Waals surface area contributed by atoms with Crippen molar-refractivity contribution in [3.05, 3.63) is 0 Å². The van der Waals surface area contributed by atoms with E-state index in [4.69, 9.17) is 0 Å². The highest BCUT2D eigenvalue weighted by Crippen LogP contribution is 2.06. The second-order valence-corrected chi connectivity index (χ2v) is 6.03. The second kappa shape index (κ2) is 6.93. The summed E-state index contributed by atoms with van der Waals surface area (Å²) in [4.78, 5) is 10.9. The number of hydrogen-bond donors (Lipinski definition) is 2. The first-order valence-corrected chi connectivity index (χ1v) is 7.46. The van der Waals surface area contributed by atoms with Crippen LogP contribution >= 0.6 is 0 Å². The number of carbonyl (C=O) groups is 1. The highest BCUT2D eigenvalue weighted by molar-refractivity contribution is 7.89. The Morgan fingerprint density at radius 1 is 1.47 bits per heavy atom. The first-order chi connectivity index (χ1) is 8.03. The molecule has 1 saturated heterocycles. The number of hydrogen-bond acceptors (Lipinski definition) is 5. The van der Waals surface area contributed by atoms with Crippen LogP contribution in [0.25, 0.3) is 0 Å². The molecule has 1 fully saturated rings. The molecule has 0 aromatic carbocycles. The van der Waals surface area contributed by atoms with E-state index in [9.17, 15) is 13.2 Å². The van der Waals surface area contributed by atoms with Crippen LogP contribution in [0.1, 0.15) is 25.7 Å². The average Bonchev–Trinajstić information content (AvgIpc) is 2.54. The minimum Gasteiger partial charge on any atom is -0.469 e. The zero-order valence-electron chi connectivity index (χ0n) is 10.1. The molecule has 0 spiro atoms. The van der Waals surface area contributed by atoms with Crippen LogP contribution in [0, 0.1) is 0 Å². The molecule has 7 heteroatoms. The van der Waals surface area contributed by atoms with Crippen LogP contribution in [0.3, 0.4) is 0 Å². The zero-order valence-corrected chi connectivity index (χ0v) is 10.9. The molecule has 0 aromatic rings. The summed E-state index contributed by atoms with van der Waals surface area (Å²) in [5, 5.41) is 3.18. The van der Waals surface area contributed by atoms with Crippen molar-refractivity contribution in [2.75, 3.05) is 26.0 Å². The second-order valence-electron chi connectivity index (χ2n) is 4.16. The van der Waals surface area contributed by atoms with Gasteiger partial charge in [-0.3, -0.25) is 4.79 Å². The van der Waals surface area contributed by atoms with Crippen molar-refractivity contribution in [3.63, 3.8) is 0 Å². The normalized spacial score (nSPS) is 21.8. The molecule has 1 unspecified atom stereocenters. The van der Waals surface area contributed by atoms with E-state index in [1.54, 1.807) is 0 Å². The maximum Gasteiger partial charge on any atom is 0.306 e. The van der Waals surface area contributed by atoms with Crippen LogP contribution < -0.4 is 10.0 Å². The summed E-state index contributed by atoms with van der Waals surface area (Å²) in [5.41, 5.74) is 0. The number of sulfonamides is 1. The fourth-order valence-corrected chi connectivity index (χ4v) is 3.01. The van der Waals surface area contributed by atoms with Gasteiger partial charge in [0.1, 0.15) is 0 Å². The Kier molecular flexibility index (Phi) is 5.87. The van der Waals surface area contributed by atoms with E-state index >= 15 is 0 Å². The third-order valence-corrected chi connectivity index (χ3v) is 4.13. The number of carbonyl (C=O) groups excluding carboxylic acids is 1. The Labute approximate surface area is 102 Å². The lowest BCUT2D eigenvalue weighted by Gasteiger charge is -2.16. The van der Waals surface area contributed by atoms with Crippen molar-refractivity contribution in [1.82, 2.24) is 10.0 Å². The quantitative estimate of drug-likeness (QED) is 0.661. The standard InChI is InChI=1S/C10H20N2O4S/c1-16-10(13)5-7-17(14,15)12-9-4-2-3-6-11-8-9/h9,11-12H,2-8H2,1H3. The molecule has 1 aliphatic heterocycles. The number of esters is 1. The maximum atomic E-state index is 11.7. The fraction of sp³-hybridized carbons (Fsp3) is 0.900. The Morgan fingerprint density at radius 3 is 2.94 bits per heavy atom. The minimum absolute atomic E-state index is 0.0693. The number of ether oxygens (including phenoxy) is 1. The number of methoxy groups -OCH3 is 1. The van der Waals surface area contributed by atoms with Crippen LogP contribution in [0.4, 0.5) is 0 Å². The predicted molar refractivity (Wildman–Crippen MR) is 64.1 cm³/mol. The molecule has 1 heterocycles. The van der Waals surface area contributed by atoms with Crippen LogP contribution in [0.2, 0.25) is 0 Å². The molecule has 0 aliphatic carbocycles. The smallest absolute Gasteiger partial charge is 0.306 e. The molecule has 2 N–H and O–H groups in total. The van der Waals surface area contributed by atoms with Crippen LogP contribution in [-0.4, -0.2) is 46.4 Å². The third kappa shape index (κ3) is 5.99. The molecule has 6 nitrogen and oxygen atoms in total. The summed E-state index contributed by atoms with van der Waals surface area (Å²) >= 11 is 0. The van der Waals surface area contributed by atoms with Crippen molar-refractivity contribution in [2.24, 2.45) is 0 Å². The summed E-state index contributed by atoms with van der Waals surface area (Å²) in [6, 6.07) is -0.0693. The van der Waals surface area contributed by atoms with Gasteiger partial charge in [0.15, 0.2) is 0 Å². The lowest BCUT2D eigenvalue weighted by molar-refractivity contribution is -0.140. The molecule has 100 valence electrons. The molecule has 1 atom stereocenters. The van der Waals surface area contributed by atoms with E-state index in [-0.39, 0.29) is 18.2 Å². The van der Waals surface area contributed by atoms with Gasteiger partial charge < -0.3 is 10.1 Å². The maximum absolute atomic E-state index is 11.7. The van der Waals surface area contributed by atoms with E-state index in [2.05, 4.69) is 14.8 Å². The van der Waals surface area contributed by atoms with Gasteiger partial charge in [0, 0.05) is 12.6 Å². The summed E-state index contributed by atoms with van der Waals surface area (Å²) in [6.45, 7) is 1.58. The summed E-state index contributed by atoms with van der Waals surface area (Å²) < 4.78 is 30.4. The first kappa shape index (κ1) is 14.4. The van der Waals surface area contributed by atoms with Crippen LogP contribution in [0.15, 0.2) is 0 Å². The molecule has 0 saturated carbocycles. The van der Waals surface area contributed by atoms with Gasteiger partial charge in [-0.2, -0.15) is 0 Å². The third-order valence-electron chi connectivity index (χ3n) is 2.70. The molecule has 1 rings (SSSR count). The SMILES string of the molecule is COC(=O)CCS(=O)(=O)NC1CCCCNC1. The van der Waals surface area contributed by atoms with Crippen LogP contribution in [0.5, 0.6) is 0 Å². The summed E-state index contributed by atoms with van der Waals surface area (Å²) in [6.07, 6.45) is 2.81. The topological polar surface area (TPSA) is 84.5 Å². The van der Waals surface area contributed by atoms with Crippen molar-refractivity contribution in [1.29, 1.82) is 0 Å². The van der Waals surface area contributed by atoms with Crippen molar-refractivity contribution < 1.29 is 17.9 Å². The molecule has 1 aliphatic rings. The molecular formula is C10H20N2O4S. The molecule has 0 amide bonds. The Balaban J connectivity index is 2.39. The van der Waals surface area contributed by atoms with Gasteiger partial charge in [0.2, 0.25) is 10.0 Å². The fourth-order valence-electron chi connectivity index (χ4n) is 1.75. The van der Waals surface area contributed by atoms with Gasteiger partial charge in [-0.1, -0.05) is 6.42 Å². The highest BCUT2D eigenvalue weighted by atomic mass is 32.2. The van der Waals surface area contributed by atoms with Gasteiger partial charge >= 0.3 is 5.97 Å². The van der Waals surface area contributed by atoms with E-state index < -0.39 is 16.0 Å². The average molecular weight is 264 g/mol. The summed E-state index contributed by atoms with van der Waals surface area (Å²) in [7, 11) is -2.15. The highest BCUT2D eigenvalue weighted by Gasteiger charge is 2.20. The largest absolute Gasteiger partial charge is 0.469 e. The predicted octanol–water partition coefficient (Wildman–Crippen LogP) is -0.389. The van der Waals surface area contributed by atoms with E-state index in [1.807, 2.05) is 0 Å². The first-order valence-electron chi connectivity index (χ1n) is 5.81. The van der Waals surface area contributed by atoms with Crippen molar-refractivity contribution in [3.8, 4) is 0 Å². The molecular weight excluding hydrogens is 244 g/mol. The number of rotatable bonds is 5. The number of nitrogens with one attached hydrogen (secondary N) is 2. The molecule has 0 radical (unpaired) electrons. The van der Waals surface area contributed by atoms with E-state index in [0.717, 1.165) is 25.8 Å².